The van der Waals surface area contributed by atoms with Crippen LogP contribution < -0.4 is 11.5 Å². The van der Waals surface area contributed by atoms with Gasteiger partial charge in [-0.05, 0) is 6.07 Å². The largest absolute Gasteiger partial charge is 0.397 e. The molecule has 0 amide bonds. The third-order valence-corrected chi connectivity index (χ3v) is 2.60. The van der Waals surface area contributed by atoms with Gasteiger partial charge in [0, 0.05) is 5.56 Å². The molecule has 0 saturated carbocycles. The Morgan fingerprint density at radius 3 is 2.75 bits per heavy atom. The lowest BCUT2D eigenvalue weighted by atomic mass is 10.1. The maximum Gasteiger partial charge on any atom is 0.188 e. The molecule has 0 bridgehead atoms. The molecule has 0 radical (unpaired) electrons. The fourth-order valence-corrected chi connectivity index (χ4v) is 1.81. The molecule has 16 heavy (non-hydrogen) atoms. The molecular formula is C8H7ClFN5S. The predicted molar refractivity (Wildman–Crippen MR) is 63.4 cm³/mol. The van der Waals surface area contributed by atoms with Crippen LogP contribution in [0.3, 0.4) is 0 Å². The SMILES string of the molecule is Nc1cnc(Cl)cc1-c1c(N)cnn1SF. The number of nitrogen functional groups attached to an aromatic ring is 2. The Labute approximate surface area is 100 Å². The highest BCUT2D eigenvalue weighted by Crippen LogP contribution is 2.33. The molecule has 2 rings (SSSR count). The van der Waals surface area contributed by atoms with Crippen LogP contribution in [0.4, 0.5) is 15.3 Å². The van der Waals surface area contributed by atoms with Crippen LogP contribution in [0, 0.1) is 0 Å². The minimum Gasteiger partial charge on any atom is -0.397 e. The second-order valence-corrected chi connectivity index (χ2v) is 3.86. The van der Waals surface area contributed by atoms with E-state index in [0.717, 1.165) is 4.09 Å². The van der Waals surface area contributed by atoms with E-state index in [1.54, 1.807) is 0 Å². The fraction of sp³-hybridized carbons (Fsp3) is 0. The second-order valence-electron chi connectivity index (χ2n) is 2.98. The van der Waals surface area contributed by atoms with Gasteiger partial charge in [-0.1, -0.05) is 11.6 Å². The monoisotopic (exact) mass is 259 g/mol. The third kappa shape index (κ3) is 1.79. The van der Waals surface area contributed by atoms with E-state index in [0.29, 0.717) is 22.6 Å². The van der Waals surface area contributed by atoms with Crippen LogP contribution in [0.5, 0.6) is 0 Å². The summed E-state index contributed by atoms with van der Waals surface area (Å²) < 4.78 is 13.6. The van der Waals surface area contributed by atoms with Crippen LogP contribution in [0.25, 0.3) is 11.3 Å². The topological polar surface area (TPSA) is 82.8 Å². The summed E-state index contributed by atoms with van der Waals surface area (Å²) >= 11 is 5.68. The maximum atomic E-state index is 12.6. The molecule has 5 nitrogen and oxygen atoms in total. The number of rotatable bonds is 2. The zero-order valence-corrected chi connectivity index (χ0v) is 9.46. The Bertz CT molecular complexity index is 529. The first-order chi connectivity index (χ1) is 7.63. The molecule has 84 valence electrons. The van der Waals surface area contributed by atoms with E-state index in [1.165, 1.54) is 18.5 Å². The normalized spacial score (nSPS) is 10.6. The molecule has 0 unspecified atom stereocenters. The summed E-state index contributed by atoms with van der Waals surface area (Å²) in [5.41, 5.74) is 13.0. The van der Waals surface area contributed by atoms with Crippen molar-refractivity contribution >= 4 is 35.3 Å². The molecule has 0 atom stereocenters. The molecule has 0 aliphatic rings. The van der Waals surface area contributed by atoms with Crippen molar-refractivity contribution in [1.82, 2.24) is 14.2 Å². The smallest absolute Gasteiger partial charge is 0.188 e. The van der Waals surface area contributed by atoms with Crippen molar-refractivity contribution in [2.75, 3.05) is 11.5 Å². The van der Waals surface area contributed by atoms with Gasteiger partial charge in [0.2, 0.25) is 0 Å². The minimum atomic E-state index is -0.0678. The Morgan fingerprint density at radius 1 is 1.31 bits per heavy atom. The number of nitrogens with zero attached hydrogens (tertiary/aromatic N) is 3. The van der Waals surface area contributed by atoms with Crippen LogP contribution in [-0.2, 0) is 0 Å². The molecule has 8 heteroatoms. The first-order valence-corrected chi connectivity index (χ1v) is 5.22. The lowest BCUT2D eigenvalue weighted by Crippen LogP contribution is -1.98. The molecular weight excluding hydrogens is 253 g/mol. The highest BCUT2D eigenvalue weighted by Gasteiger charge is 2.15. The summed E-state index contributed by atoms with van der Waals surface area (Å²) in [4.78, 5) is 3.80. The van der Waals surface area contributed by atoms with E-state index in [1.807, 2.05) is 0 Å². The Balaban J connectivity index is 2.66. The van der Waals surface area contributed by atoms with Gasteiger partial charge in [0.15, 0.2) is 12.3 Å². The van der Waals surface area contributed by atoms with Crippen molar-refractivity contribution in [2.45, 2.75) is 0 Å². The Kier molecular flexibility index (Phi) is 2.88. The van der Waals surface area contributed by atoms with Crippen LogP contribution in [0.1, 0.15) is 0 Å². The summed E-state index contributed by atoms with van der Waals surface area (Å²) in [5.74, 6) is 0. The quantitative estimate of drug-likeness (QED) is 0.808. The third-order valence-electron chi connectivity index (χ3n) is 1.99. The van der Waals surface area contributed by atoms with Crippen molar-refractivity contribution in [3.05, 3.63) is 23.6 Å². The van der Waals surface area contributed by atoms with Crippen molar-refractivity contribution < 1.29 is 3.89 Å². The summed E-state index contributed by atoms with van der Waals surface area (Å²) in [5, 5.41) is 3.99. The average Bonchev–Trinajstić information content (AvgIpc) is 2.63. The lowest BCUT2D eigenvalue weighted by Gasteiger charge is -2.06. The molecule has 0 aliphatic carbocycles. The number of aromatic nitrogens is 3. The summed E-state index contributed by atoms with van der Waals surface area (Å²) in [6.07, 6.45) is 2.73. The molecule has 0 fully saturated rings. The van der Waals surface area contributed by atoms with Crippen LogP contribution in [0.2, 0.25) is 5.15 Å². The van der Waals surface area contributed by atoms with E-state index >= 15 is 0 Å². The standard InChI is InChI=1S/C8H7ClFN5S/c9-7-1-4(5(11)2-13-7)8-6(12)3-14-15(8)16-10/h1-3H,11-12H2. The van der Waals surface area contributed by atoms with Crippen LogP contribution >= 0.6 is 23.9 Å². The van der Waals surface area contributed by atoms with Gasteiger partial charge in [0.05, 0.1) is 23.8 Å². The van der Waals surface area contributed by atoms with Crippen molar-refractivity contribution in [3.63, 3.8) is 0 Å². The molecule has 0 saturated heterocycles. The zero-order valence-electron chi connectivity index (χ0n) is 7.89. The average molecular weight is 260 g/mol. The molecule has 4 N–H and O–H groups in total. The van der Waals surface area contributed by atoms with Gasteiger partial charge in [-0.2, -0.15) is 9.19 Å². The summed E-state index contributed by atoms with van der Waals surface area (Å²) in [6.45, 7) is 0. The van der Waals surface area contributed by atoms with E-state index in [9.17, 15) is 3.89 Å². The number of halogens is 2. The molecule has 2 aromatic rings. The number of nitrogens with two attached hydrogens (primary N) is 2. The van der Waals surface area contributed by atoms with Gasteiger partial charge in [-0.3, -0.25) is 0 Å². The van der Waals surface area contributed by atoms with E-state index in [4.69, 9.17) is 23.1 Å². The van der Waals surface area contributed by atoms with Gasteiger partial charge in [0.25, 0.3) is 0 Å². The van der Waals surface area contributed by atoms with Gasteiger partial charge < -0.3 is 11.5 Å². The van der Waals surface area contributed by atoms with Gasteiger partial charge in [0.1, 0.15) is 10.8 Å². The van der Waals surface area contributed by atoms with Crippen LogP contribution in [-0.4, -0.2) is 14.2 Å². The van der Waals surface area contributed by atoms with Crippen molar-refractivity contribution in [1.29, 1.82) is 0 Å². The van der Waals surface area contributed by atoms with Gasteiger partial charge in [-0.15, -0.1) is 3.89 Å². The number of hydrogen-bond donors (Lipinski definition) is 2. The predicted octanol–water partition coefficient (Wildman–Crippen LogP) is 2.14. The van der Waals surface area contributed by atoms with Crippen molar-refractivity contribution in [2.24, 2.45) is 0 Å². The Hall–Kier alpha value is -1.47. The molecule has 0 aromatic carbocycles. The Morgan fingerprint density at radius 2 is 2.06 bits per heavy atom. The van der Waals surface area contributed by atoms with E-state index in [-0.39, 0.29) is 17.5 Å². The number of anilines is 2. The lowest BCUT2D eigenvalue weighted by molar-refractivity contribution is 0.881. The summed E-state index contributed by atoms with van der Waals surface area (Å²) in [7, 11) is 0. The van der Waals surface area contributed by atoms with Crippen LogP contribution in [0.15, 0.2) is 18.5 Å². The van der Waals surface area contributed by atoms with Crippen molar-refractivity contribution in [3.8, 4) is 11.3 Å². The molecule has 2 heterocycles. The van der Waals surface area contributed by atoms with Gasteiger partial charge >= 0.3 is 0 Å². The highest BCUT2D eigenvalue weighted by atomic mass is 35.5. The number of pyridine rings is 1. The minimum absolute atomic E-state index is 0.0678. The first kappa shape index (κ1) is 11.0. The second kappa shape index (κ2) is 4.18. The molecule has 0 spiro atoms. The fourth-order valence-electron chi connectivity index (χ4n) is 1.30. The first-order valence-electron chi connectivity index (χ1n) is 4.17. The van der Waals surface area contributed by atoms with E-state index < -0.39 is 0 Å². The summed E-state index contributed by atoms with van der Waals surface area (Å²) in [6, 6.07) is 1.51. The maximum absolute atomic E-state index is 12.6. The van der Waals surface area contributed by atoms with E-state index in [2.05, 4.69) is 10.1 Å². The number of hydrogen-bond acceptors (Lipinski definition) is 5. The molecule has 0 aliphatic heterocycles. The molecule has 2 aromatic heterocycles. The van der Waals surface area contributed by atoms with Gasteiger partial charge in [-0.25, -0.2) is 4.98 Å². The highest BCUT2D eigenvalue weighted by molar-refractivity contribution is 7.92. The zero-order chi connectivity index (χ0) is 11.7.